The zero-order valence-corrected chi connectivity index (χ0v) is 37.0. The average Bonchev–Trinajstić information content (AvgIpc) is 3.73. The SMILES string of the molecule is c1ccc(-c2ccc(-c3ccc(N(c4ccc5c6ccccc6n(-c6ccc(C7CCCCC7)cc6)c5c4)c4ccc5ccccc5c4-c4ccccc4)cc3)c(-c3ccccc3)c2)cc1. The quantitative estimate of drug-likeness (QED) is 0.140. The Balaban J connectivity index is 1.05. The summed E-state index contributed by atoms with van der Waals surface area (Å²) >= 11 is 0. The van der Waals surface area contributed by atoms with Gasteiger partial charge in [0, 0.05) is 33.4 Å². The summed E-state index contributed by atoms with van der Waals surface area (Å²) < 4.78 is 2.48. The first kappa shape index (κ1) is 39.6. The van der Waals surface area contributed by atoms with Gasteiger partial charge < -0.3 is 9.47 Å². The van der Waals surface area contributed by atoms with Gasteiger partial charge in [-0.15, -0.1) is 0 Å². The van der Waals surface area contributed by atoms with Crippen molar-refractivity contribution in [3.63, 3.8) is 0 Å². The molecule has 1 saturated carbocycles. The fourth-order valence-electron chi connectivity index (χ4n) is 10.7. The van der Waals surface area contributed by atoms with Crippen molar-refractivity contribution in [2.24, 2.45) is 0 Å². The molecule has 1 heterocycles. The van der Waals surface area contributed by atoms with E-state index in [2.05, 4.69) is 246 Å². The highest BCUT2D eigenvalue weighted by molar-refractivity contribution is 6.11. The van der Waals surface area contributed by atoms with E-state index in [9.17, 15) is 0 Å². The van der Waals surface area contributed by atoms with Crippen molar-refractivity contribution in [1.82, 2.24) is 4.57 Å². The fraction of sp³-hybridized carbons (Fsp3) is 0.0938. The Morgan fingerprint density at radius 2 is 0.955 bits per heavy atom. The molecule has 2 heteroatoms. The number of hydrogen-bond acceptors (Lipinski definition) is 1. The van der Waals surface area contributed by atoms with Crippen molar-refractivity contribution in [2.45, 2.75) is 38.0 Å². The molecule has 1 aromatic heterocycles. The van der Waals surface area contributed by atoms with Crippen LogP contribution < -0.4 is 4.90 Å². The van der Waals surface area contributed by atoms with Gasteiger partial charge in [-0.1, -0.05) is 201 Å². The van der Waals surface area contributed by atoms with E-state index >= 15 is 0 Å². The number of nitrogens with zero attached hydrogens (tertiary/aromatic N) is 2. The summed E-state index contributed by atoms with van der Waals surface area (Å²) in [5.41, 5.74) is 18.0. The Morgan fingerprint density at radius 1 is 0.364 bits per heavy atom. The van der Waals surface area contributed by atoms with Crippen LogP contribution in [0.2, 0.25) is 0 Å². The minimum Gasteiger partial charge on any atom is -0.310 e. The second-order valence-electron chi connectivity index (χ2n) is 17.9. The molecule has 1 aliphatic carbocycles. The van der Waals surface area contributed by atoms with Crippen molar-refractivity contribution in [3.8, 4) is 50.2 Å². The highest BCUT2D eigenvalue weighted by Crippen LogP contribution is 2.47. The van der Waals surface area contributed by atoms with Crippen LogP contribution in [-0.4, -0.2) is 4.57 Å². The second-order valence-corrected chi connectivity index (χ2v) is 17.9. The standard InChI is InChI=1S/C64H50N2/c1-5-17-45(18-6-1)47-29-35-54(36-30-47)66-61-28-16-15-27-58(61)59-41-39-55(44-63(59)66)65(62-42-34-49-23-13-14-26-57(49)64(62)51-24-11-4-12-25-51)53-37-31-50(32-38-53)56-40-33-52(46-19-7-2-8-20-46)43-60(56)48-21-9-3-10-22-48/h2-4,7-16,19-45H,1,5-6,17-18H2. The van der Waals surface area contributed by atoms with E-state index in [0.717, 1.165) is 17.1 Å². The number of anilines is 3. The lowest BCUT2D eigenvalue weighted by Crippen LogP contribution is -2.12. The third kappa shape index (κ3) is 7.25. The van der Waals surface area contributed by atoms with Crippen LogP contribution in [-0.2, 0) is 0 Å². The molecule has 2 nitrogen and oxygen atoms in total. The summed E-state index contributed by atoms with van der Waals surface area (Å²) in [5.74, 6) is 0.664. The zero-order chi connectivity index (χ0) is 43.8. The molecule has 1 aliphatic rings. The van der Waals surface area contributed by atoms with Gasteiger partial charge >= 0.3 is 0 Å². The number of fused-ring (bicyclic) bond motifs is 4. The molecule has 0 spiro atoms. The van der Waals surface area contributed by atoms with E-state index in [-0.39, 0.29) is 0 Å². The summed E-state index contributed by atoms with van der Waals surface area (Å²) in [6, 6.07) is 87.3. The minimum absolute atomic E-state index is 0.664. The highest BCUT2D eigenvalue weighted by atomic mass is 15.1. The van der Waals surface area contributed by atoms with Gasteiger partial charge in [-0.3, -0.25) is 0 Å². The molecule has 0 atom stereocenters. The Hall–Kier alpha value is -7.94. The normalized spacial score (nSPS) is 13.1. The molecule has 1 fully saturated rings. The predicted molar refractivity (Wildman–Crippen MR) is 281 cm³/mol. The van der Waals surface area contributed by atoms with E-state index in [1.165, 1.54) is 120 Å². The Kier molecular flexibility index (Phi) is 10.3. The van der Waals surface area contributed by atoms with Crippen molar-refractivity contribution in [3.05, 3.63) is 242 Å². The van der Waals surface area contributed by atoms with Gasteiger partial charge in [-0.25, -0.2) is 0 Å². The summed E-state index contributed by atoms with van der Waals surface area (Å²) in [6.07, 6.45) is 6.62. The number of para-hydroxylation sites is 1. The lowest BCUT2D eigenvalue weighted by Gasteiger charge is -2.29. The van der Waals surface area contributed by atoms with Gasteiger partial charge in [-0.05, 0) is 129 Å². The molecule has 0 saturated heterocycles. The summed E-state index contributed by atoms with van der Waals surface area (Å²) in [4.78, 5) is 2.47. The topological polar surface area (TPSA) is 8.17 Å². The smallest absolute Gasteiger partial charge is 0.0561 e. The minimum atomic E-state index is 0.664. The van der Waals surface area contributed by atoms with E-state index in [4.69, 9.17) is 0 Å². The summed E-state index contributed by atoms with van der Waals surface area (Å²) in [5, 5.41) is 4.95. The molecule has 0 amide bonds. The van der Waals surface area contributed by atoms with Gasteiger partial charge in [0.2, 0.25) is 0 Å². The van der Waals surface area contributed by atoms with Gasteiger partial charge in [-0.2, -0.15) is 0 Å². The first-order valence-electron chi connectivity index (χ1n) is 23.6. The average molecular weight is 847 g/mol. The van der Waals surface area contributed by atoms with Crippen LogP contribution in [0.1, 0.15) is 43.6 Å². The molecule has 0 N–H and O–H groups in total. The maximum absolute atomic E-state index is 2.48. The Morgan fingerprint density at radius 3 is 1.70 bits per heavy atom. The third-order valence-electron chi connectivity index (χ3n) is 14.0. The molecular formula is C64H50N2. The number of hydrogen-bond donors (Lipinski definition) is 0. The maximum Gasteiger partial charge on any atom is 0.0561 e. The molecule has 12 rings (SSSR count). The van der Waals surface area contributed by atoms with Crippen molar-refractivity contribution >= 4 is 49.6 Å². The van der Waals surface area contributed by atoms with Crippen molar-refractivity contribution < 1.29 is 0 Å². The summed E-state index contributed by atoms with van der Waals surface area (Å²) in [7, 11) is 0. The first-order valence-corrected chi connectivity index (χ1v) is 23.6. The maximum atomic E-state index is 2.48. The Bertz CT molecular complexity index is 3470. The molecule has 0 unspecified atom stereocenters. The van der Waals surface area contributed by atoms with Crippen LogP contribution in [0.15, 0.2) is 237 Å². The van der Waals surface area contributed by atoms with E-state index in [1.54, 1.807) is 0 Å². The largest absolute Gasteiger partial charge is 0.310 e. The van der Waals surface area contributed by atoms with Crippen LogP contribution in [0, 0.1) is 0 Å². The zero-order valence-electron chi connectivity index (χ0n) is 37.0. The van der Waals surface area contributed by atoms with Gasteiger partial charge in [0.05, 0.1) is 16.7 Å². The molecular weight excluding hydrogens is 797 g/mol. The predicted octanol–water partition coefficient (Wildman–Crippen LogP) is 18.1. The molecule has 11 aromatic rings. The van der Waals surface area contributed by atoms with Crippen LogP contribution >= 0.6 is 0 Å². The third-order valence-corrected chi connectivity index (χ3v) is 14.0. The van der Waals surface area contributed by atoms with Gasteiger partial charge in [0.15, 0.2) is 0 Å². The van der Waals surface area contributed by atoms with Crippen molar-refractivity contribution in [2.75, 3.05) is 4.90 Å². The molecule has 0 radical (unpaired) electrons. The Labute approximate surface area is 387 Å². The molecule has 0 aliphatic heterocycles. The van der Waals surface area contributed by atoms with E-state index < -0.39 is 0 Å². The van der Waals surface area contributed by atoms with E-state index in [1.807, 2.05) is 0 Å². The lowest BCUT2D eigenvalue weighted by atomic mass is 9.84. The summed E-state index contributed by atoms with van der Waals surface area (Å²) in [6.45, 7) is 0. The highest BCUT2D eigenvalue weighted by Gasteiger charge is 2.23. The van der Waals surface area contributed by atoms with Gasteiger partial charge in [0.25, 0.3) is 0 Å². The van der Waals surface area contributed by atoms with Crippen LogP contribution in [0.3, 0.4) is 0 Å². The number of benzene rings is 10. The van der Waals surface area contributed by atoms with Crippen LogP contribution in [0.25, 0.3) is 82.8 Å². The molecule has 10 aromatic carbocycles. The lowest BCUT2D eigenvalue weighted by molar-refractivity contribution is 0.443. The van der Waals surface area contributed by atoms with Gasteiger partial charge in [0.1, 0.15) is 0 Å². The monoisotopic (exact) mass is 846 g/mol. The fourth-order valence-corrected chi connectivity index (χ4v) is 10.7. The molecule has 66 heavy (non-hydrogen) atoms. The molecule has 0 bridgehead atoms. The van der Waals surface area contributed by atoms with Crippen LogP contribution in [0.5, 0.6) is 0 Å². The number of aromatic nitrogens is 1. The van der Waals surface area contributed by atoms with E-state index in [0.29, 0.717) is 5.92 Å². The van der Waals surface area contributed by atoms with Crippen molar-refractivity contribution in [1.29, 1.82) is 0 Å². The first-order chi connectivity index (χ1) is 32.7. The molecule has 316 valence electrons. The van der Waals surface area contributed by atoms with Crippen LogP contribution in [0.4, 0.5) is 17.1 Å². The second kappa shape index (κ2) is 17.2. The number of rotatable bonds is 9.